The molecule has 164 valence electrons. The van der Waals surface area contributed by atoms with Crippen LogP contribution in [0.3, 0.4) is 0 Å². The van der Waals surface area contributed by atoms with Crippen LogP contribution in [-0.2, 0) is 34.5 Å². The standard InChI is InChI=1S/C16H32O6.H3O4P/c1-3-5-6-7-8-9-10-11-12-13-14-16-18-20-22-21-19-17-15-4-2;1-5(2,3)4/h4,15H,3,5-14,16H2,1-2H3;(H3,1,2,3,4). The van der Waals surface area contributed by atoms with Crippen LogP contribution < -0.4 is 0 Å². The van der Waals surface area contributed by atoms with Gasteiger partial charge < -0.3 is 19.6 Å². The van der Waals surface area contributed by atoms with Gasteiger partial charge in [-0.1, -0.05) is 71.1 Å². The molecule has 0 rings (SSSR count). The molecule has 0 aliphatic rings. The highest BCUT2D eigenvalue weighted by Gasteiger charge is 2.00. The molecule has 0 atom stereocenters. The Bertz CT molecular complexity index is 340. The minimum atomic E-state index is -4.64. The lowest BCUT2D eigenvalue weighted by atomic mass is 10.1. The molecule has 0 amide bonds. The fourth-order valence-electron chi connectivity index (χ4n) is 2.00. The summed E-state index contributed by atoms with van der Waals surface area (Å²) in [4.78, 5) is 30.6. The zero-order valence-corrected chi connectivity index (χ0v) is 17.2. The zero-order valence-electron chi connectivity index (χ0n) is 16.3. The number of hydrogen-bond acceptors (Lipinski definition) is 7. The summed E-state index contributed by atoms with van der Waals surface area (Å²) in [5, 5.41) is 16.4. The number of allylic oxidation sites excluding steroid dienone is 1. The van der Waals surface area contributed by atoms with Gasteiger partial charge >= 0.3 is 7.82 Å². The van der Waals surface area contributed by atoms with Crippen molar-refractivity contribution in [1.82, 2.24) is 0 Å². The Hall–Kier alpha value is -0.550. The van der Waals surface area contributed by atoms with Crippen LogP contribution in [0, 0.1) is 0 Å². The molecule has 0 radical (unpaired) electrons. The van der Waals surface area contributed by atoms with E-state index in [-0.39, 0.29) is 0 Å². The lowest BCUT2D eigenvalue weighted by Crippen LogP contribution is -2.00. The molecule has 0 spiro atoms. The van der Waals surface area contributed by atoms with E-state index < -0.39 is 7.82 Å². The van der Waals surface area contributed by atoms with Gasteiger partial charge in [0, 0.05) is 10.1 Å². The highest BCUT2D eigenvalue weighted by atomic mass is 31.2. The predicted molar refractivity (Wildman–Crippen MR) is 96.9 cm³/mol. The summed E-state index contributed by atoms with van der Waals surface area (Å²) in [5.74, 6) is 0. The van der Waals surface area contributed by atoms with Gasteiger partial charge in [0.1, 0.15) is 6.26 Å². The van der Waals surface area contributed by atoms with E-state index in [4.69, 9.17) is 24.1 Å². The largest absolute Gasteiger partial charge is 0.466 e. The lowest BCUT2D eigenvalue weighted by molar-refractivity contribution is -0.751. The molecule has 0 heterocycles. The van der Waals surface area contributed by atoms with Gasteiger partial charge in [-0.15, -0.1) is 0 Å². The van der Waals surface area contributed by atoms with Crippen molar-refractivity contribution in [3.63, 3.8) is 0 Å². The van der Waals surface area contributed by atoms with Gasteiger partial charge in [-0.05, 0) is 29.5 Å². The van der Waals surface area contributed by atoms with E-state index in [0.29, 0.717) is 6.61 Å². The van der Waals surface area contributed by atoms with Crippen molar-refractivity contribution in [3.05, 3.63) is 12.3 Å². The molecule has 10 nitrogen and oxygen atoms in total. The van der Waals surface area contributed by atoms with Gasteiger partial charge in [-0.2, -0.15) is 0 Å². The van der Waals surface area contributed by atoms with Crippen LogP contribution in [0.4, 0.5) is 0 Å². The fourth-order valence-corrected chi connectivity index (χ4v) is 2.00. The summed E-state index contributed by atoms with van der Waals surface area (Å²) < 4.78 is 8.88. The summed E-state index contributed by atoms with van der Waals surface area (Å²) >= 11 is 0. The molecule has 0 aromatic rings. The summed E-state index contributed by atoms with van der Waals surface area (Å²) in [7, 11) is -4.64. The second-order valence-electron chi connectivity index (χ2n) is 5.71. The summed E-state index contributed by atoms with van der Waals surface area (Å²) in [5.41, 5.74) is 0. The van der Waals surface area contributed by atoms with Crippen LogP contribution in [-0.4, -0.2) is 21.3 Å². The number of phosphoric acid groups is 1. The Morgan fingerprint density at radius 2 is 1.19 bits per heavy atom. The van der Waals surface area contributed by atoms with Gasteiger partial charge in [0.2, 0.25) is 0 Å². The van der Waals surface area contributed by atoms with Crippen molar-refractivity contribution >= 4 is 7.82 Å². The van der Waals surface area contributed by atoms with Gasteiger partial charge in [-0.25, -0.2) is 9.45 Å². The topological polar surface area (TPSA) is 133 Å². The zero-order chi connectivity index (χ0) is 20.6. The summed E-state index contributed by atoms with van der Waals surface area (Å²) in [6, 6.07) is 0. The first-order valence-electron chi connectivity index (χ1n) is 9.26. The maximum absolute atomic E-state index is 8.88. The minimum Gasteiger partial charge on any atom is -0.314 e. The number of hydrogen-bond donors (Lipinski definition) is 3. The molecule has 0 aromatic heterocycles. The van der Waals surface area contributed by atoms with Crippen LogP contribution in [0.2, 0.25) is 0 Å². The number of rotatable bonds is 18. The average molecular weight is 418 g/mol. The van der Waals surface area contributed by atoms with E-state index in [1.807, 2.05) is 0 Å². The van der Waals surface area contributed by atoms with Crippen molar-refractivity contribution in [2.75, 3.05) is 6.61 Å². The van der Waals surface area contributed by atoms with Crippen LogP contribution in [0.15, 0.2) is 12.3 Å². The second-order valence-corrected chi connectivity index (χ2v) is 6.74. The molecule has 0 aliphatic heterocycles. The lowest BCUT2D eigenvalue weighted by Gasteiger charge is -2.03. The van der Waals surface area contributed by atoms with Crippen molar-refractivity contribution in [3.8, 4) is 0 Å². The molecule has 27 heavy (non-hydrogen) atoms. The van der Waals surface area contributed by atoms with Gasteiger partial charge in [0.05, 0.1) is 6.61 Å². The molecule has 11 heteroatoms. The highest BCUT2D eigenvalue weighted by molar-refractivity contribution is 7.45. The third kappa shape index (κ3) is 41.1. The average Bonchev–Trinajstić information content (AvgIpc) is 2.59. The van der Waals surface area contributed by atoms with Crippen molar-refractivity contribution in [2.24, 2.45) is 0 Å². The number of unbranched alkanes of at least 4 members (excludes halogenated alkanes) is 10. The first kappa shape index (κ1) is 28.7. The maximum Gasteiger partial charge on any atom is 0.466 e. The van der Waals surface area contributed by atoms with Crippen molar-refractivity contribution in [2.45, 2.75) is 84.5 Å². The molecular formula is C16H35O10P. The third-order valence-corrected chi connectivity index (χ3v) is 3.19. The van der Waals surface area contributed by atoms with Gasteiger partial charge in [0.25, 0.3) is 0 Å². The van der Waals surface area contributed by atoms with E-state index in [9.17, 15) is 0 Å². The molecule has 0 aliphatic carbocycles. The Labute approximate surface area is 161 Å². The van der Waals surface area contributed by atoms with Crippen molar-refractivity contribution < 1.29 is 49.2 Å². The molecule has 0 saturated heterocycles. The Kier molecular flexibility index (Phi) is 24.9. The van der Waals surface area contributed by atoms with E-state index in [2.05, 4.69) is 32.0 Å². The van der Waals surface area contributed by atoms with E-state index >= 15 is 0 Å². The Balaban J connectivity index is 0. The predicted octanol–water partition coefficient (Wildman–Crippen LogP) is 4.58. The normalized spacial score (nSPS) is 11.4. The first-order valence-corrected chi connectivity index (χ1v) is 10.8. The molecule has 0 bridgehead atoms. The van der Waals surface area contributed by atoms with Gasteiger partial charge in [0.15, 0.2) is 0 Å². The van der Waals surface area contributed by atoms with Gasteiger partial charge in [-0.3, -0.25) is 0 Å². The monoisotopic (exact) mass is 418 g/mol. The first-order chi connectivity index (χ1) is 12.9. The molecule has 0 fully saturated rings. The third-order valence-electron chi connectivity index (χ3n) is 3.19. The highest BCUT2D eigenvalue weighted by Crippen LogP contribution is 2.25. The van der Waals surface area contributed by atoms with Crippen molar-refractivity contribution in [1.29, 1.82) is 0 Å². The quantitative estimate of drug-likeness (QED) is 0.0955. The Morgan fingerprint density at radius 3 is 1.67 bits per heavy atom. The summed E-state index contributed by atoms with van der Waals surface area (Å²) in [6.07, 6.45) is 17.0. The minimum absolute atomic E-state index is 0.454. The molecular weight excluding hydrogens is 383 g/mol. The summed E-state index contributed by atoms with van der Waals surface area (Å²) in [6.45, 7) is 4.47. The SMILES string of the molecule is CC=COOOOOOCCCCCCCCCCCCC.O=P(O)(O)O. The smallest absolute Gasteiger partial charge is 0.314 e. The van der Waals surface area contributed by atoms with Crippen LogP contribution in [0.5, 0.6) is 0 Å². The van der Waals surface area contributed by atoms with Crippen LogP contribution in [0.25, 0.3) is 0 Å². The van der Waals surface area contributed by atoms with E-state index in [0.717, 1.165) is 12.8 Å². The molecule has 3 N–H and O–H groups in total. The van der Waals surface area contributed by atoms with E-state index in [1.54, 1.807) is 13.0 Å². The Morgan fingerprint density at radius 1 is 0.741 bits per heavy atom. The second kappa shape index (κ2) is 23.5. The maximum atomic E-state index is 8.88. The van der Waals surface area contributed by atoms with Crippen LogP contribution >= 0.6 is 7.82 Å². The molecule has 0 saturated carbocycles. The van der Waals surface area contributed by atoms with Crippen LogP contribution in [0.1, 0.15) is 84.5 Å². The molecule has 0 aromatic carbocycles. The van der Waals surface area contributed by atoms with E-state index in [1.165, 1.54) is 64.0 Å². The fraction of sp³-hybridized carbons (Fsp3) is 0.875. The molecule has 0 unspecified atom stereocenters.